The molecule has 0 aliphatic carbocycles. The first-order valence-electron chi connectivity index (χ1n) is 5.93. The molecule has 0 bridgehead atoms. The zero-order valence-corrected chi connectivity index (χ0v) is 11.9. The number of hydrogen-bond donors (Lipinski definition) is 1. The summed E-state index contributed by atoms with van der Waals surface area (Å²) in [5.41, 5.74) is 0.398. The van der Waals surface area contributed by atoms with E-state index in [2.05, 4.69) is 21.2 Å². The Morgan fingerprint density at radius 3 is 3.00 bits per heavy atom. The smallest absolute Gasteiger partial charge is 0.128 e. The molecule has 1 aliphatic heterocycles. The van der Waals surface area contributed by atoms with E-state index in [1.807, 2.05) is 6.07 Å². The largest absolute Gasteiger partial charge is 0.378 e. The van der Waals surface area contributed by atoms with Gasteiger partial charge in [-0.15, -0.1) is 0 Å². The molecular formula is C13H17BrFNO2. The lowest BCUT2D eigenvalue weighted by molar-refractivity contribution is -0.0159. The maximum atomic E-state index is 13.6. The molecule has 100 valence electrons. The molecule has 5 heteroatoms. The third-order valence-corrected chi connectivity index (χ3v) is 3.77. The van der Waals surface area contributed by atoms with E-state index in [0.717, 1.165) is 17.5 Å². The van der Waals surface area contributed by atoms with Crippen LogP contribution in [-0.4, -0.2) is 32.5 Å². The molecule has 1 atom stereocenters. The van der Waals surface area contributed by atoms with Crippen LogP contribution in [0, 0.1) is 5.82 Å². The first-order valence-corrected chi connectivity index (χ1v) is 6.72. The lowest BCUT2D eigenvalue weighted by Crippen LogP contribution is -2.42. The van der Waals surface area contributed by atoms with Gasteiger partial charge in [0.25, 0.3) is 0 Å². The Morgan fingerprint density at radius 1 is 1.56 bits per heavy atom. The molecule has 1 N–H and O–H groups in total. The van der Waals surface area contributed by atoms with Gasteiger partial charge in [-0.25, -0.2) is 4.39 Å². The molecule has 0 saturated carbocycles. The van der Waals surface area contributed by atoms with E-state index in [4.69, 9.17) is 9.47 Å². The molecule has 1 fully saturated rings. The Kier molecular flexibility index (Phi) is 4.72. The monoisotopic (exact) mass is 317 g/mol. The lowest BCUT2D eigenvalue weighted by Gasteiger charge is -2.26. The number of ether oxygens (including phenoxy) is 2. The van der Waals surface area contributed by atoms with E-state index in [-0.39, 0.29) is 11.4 Å². The van der Waals surface area contributed by atoms with E-state index in [0.29, 0.717) is 25.3 Å². The summed E-state index contributed by atoms with van der Waals surface area (Å²) in [4.78, 5) is 0. The molecule has 0 amide bonds. The first-order chi connectivity index (χ1) is 8.65. The van der Waals surface area contributed by atoms with Gasteiger partial charge in [0.2, 0.25) is 0 Å². The van der Waals surface area contributed by atoms with Crippen molar-refractivity contribution in [2.75, 3.05) is 26.9 Å². The van der Waals surface area contributed by atoms with Crippen LogP contribution in [0.5, 0.6) is 0 Å². The minimum atomic E-state index is -0.258. The van der Waals surface area contributed by atoms with E-state index in [1.54, 1.807) is 13.2 Å². The molecule has 1 heterocycles. The van der Waals surface area contributed by atoms with Crippen LogP contribution >= 0.6 is 15.9 Å². The Hall–Kier alpha value is -0.490. The summed E-state index contributed by atoms with van der Waals surface area (Å²) in [6, 6.07) is 5.09. The van der Waals surface area contributed by atoms with Crippen molar-refractivity contribution < 1.29 is 13.9 Å². The van der Waals surface area contributed by atoms with Gasteiger partial charge in [0.05, 0.1) is 6.61 Å². The minimum absolute atomic E-state index is 0.203. The highest BCUT2D eigenvalue weighted by Gasteiger charge is 2.34. The minimum Gasteiger partial charge on any atom is -0.378 e. The molecule has 0 radical (unpaired) electrons. The zero-order valence-electron chi connectivity index (χ0n) is 10.3. The normalized spacial score (nSPS) is 23.5. The molecule has 0 aromatic heterocycles. The van der Waals surface area contributed by atoms with Gasteiger partial charge >= 0.3 is 0 Å². The van der Waals surface area contributed by atoms with E-state index < -0.39 is 0 Å². The Bertz CT molecular complexity index is 408. The number of benzene rings is 1. The van der Waals surface area contributed by atoms with Crippen molar-refractivity contribution in [3.05, 3.63) is 34.1 Å². The third-order valence-electron chi connectivity index (χ3n) is 3.28. The molecule has 1 aliphatic rings. The predicted molar refractivity (Wildman–Crippen MR) is 71.0 cm³/mol. The highest BCUT2D eigenvalue weighted by molar-refractivity contribution is 9.10. The van der Waals surface area contributed by atoms with E-state index >= 15 is 0 Å². The highest BCUT2D eigenvalue weighted by Crippen LogP contribution is 2.22. The van der Waals surface area contributed by atoms with Crippen LogP contribution < -0.4 is 5.32 Å². The summed E-state index contributed by atoms with van der Waals surface area (Å²) < 4.78 is 25.2. The molecule has 1 unspecified atom stereocenters. The van der Waals surface area contributed by atoms with Crippen molar-refractivity contribution in [2.45, 2.75) is 18.6 Å². The second kappa shape index (κ2) is 6.10. The van der Waals surface area contributed by atoms with Gasteiger partial charge in [0.15, 0.2) is 0 Å². The predicted octanol–water partition coefficient (Wildman–Crippen LogP) is 2.48. The molecule has 3 nitrogen and oxygen atoms in total. The SMILES string of the molecule is COC1(CNCc2ccc(Br)cc2F)CCOC1. The van der Waals surface area contributed by atoms with Gasteiger partial charge in [-0.2, -0.15) is 0 Å². The average molecular weight is 318 g/mol. The first kappa shape index (κ1) is 13.9. The van der Waals surface area contributed by atoms with Gasteiger partial charge in [0, 0.05) is 43.3 Å². The van der Waals surface area contributed by atoms with Crippen molar-refractivity contribution in [1.82, 2.24) is 5.32 Å². The molecule has 1 aromatic rings. The zero-order chi connectivity index (χ0) is 13.0. The Balaban J connectivity index is 1.88. The van der Waals surface area contributed by atoms with Gasteiger partial charge in [-0.05, 0) is 12.1 Å². The summed E-state index contributed by atoms with van der Waals surface area (Å²) in [5, 5.41) is 3.24. The quantitative estimate of drug-likeness (QED) is 0.905. The second-order valence-electron chi connectivity index (χ2n) is 4.53. The summed E-state index contributed by atoms with van der Waals surface area (Å²) >= 11 is 3.24. The number of halogens is 2. The molecule has 18 heavy (non-hydrogen) atoms. The van der Waals surface area contributed by atoms with Crippen LogP contribution in [0.4, 0.5) is 4.39 Å². The number of hydrogen-bond acceptors (Lipinski definition) is 3. The van der Waals surface area contributed by atoms with Crippen LogP contribution in [0.25, 0.3) is 0 Å². The van der Waals surface area contributed by atoms with Crippen molar-refractivity contribution in [1.29, 1.82) is 0 Å². The Labute approximate surface area is 115 Å². The molecular weight excluding hydrogens is 301 g/mol. The van der Waals surface area contributed by atoms with Gasteiger partial charge in [-0.3, -0.25) is 0 Å². The van der Waals surface area contributed by atoms with E-state index in [9.17, 15) is 4.39 Å². The maximum absolute atomic E-state index is 13.6. The summed E-state index contributed by atoms with van der Waals surface area (Å²) in [5.74, 6) is -0.203. The summed E-state index contributed by atoms with van der Waals surface area (Å²) in [6.07, 6.45) is 0.874. The van der Waals surface area contributed by atoms with Crippen LogP contribution in [0.2, 0.25) is 0 Å². The molecule has 1 aromatic carbocycles. The van der Waals surface area contributed by atoms with Gasteiger partial charge < -0.3 is 14.8 Å². The molecule has 0 spiro atoms. The van der Waals surface area contributed by atoms with Crippen molar-refractivity contribution in [3.63, 3.8) is 0 Å². The Morgan fingerprint density at radius 2 is 2.39 bits per heavy atom. The number of nitrogens with one attached hydrogen (secondary N) is 1. The third kappa shape index (κ3) is 3.29. The fraction of sp³-hybridized carbons (Fsp3) is 0.538. The second-order valence-corrected chi connectivity index (χ2v) is 5.44. The standard InChI is InChI=1S/C13H17BrFNO2/c1-17-13(4-5-18-9-13)8-16-7-10-2-3-11(14)6-12(10)15/h2-3,6,16H,4-5,7-9H2,1H3. The fourth-order valence-corrected chi connectivity index (χ4v) is 2.38. The number of methoxy groups -OCH3 is 1. The van der Waals surface area contributed by atoms with Crippen molar-refractivity contribution >= 4 is 15.9 Å². The molecule has 2 rings (SSSR count). The van der Waals surface area contributed by atoms with Crippen LogP contribution in [0.1, 0.15) is 12.0 Å². The fourth-order valence-electron chi connectivity index (χ4n) is 2.05. The van der Waals surface area contributed by atoms with Crippen LogP contribution in [0.15, 0.2) is 22.7 Å². The topological polar surface area (TPSA) is 30.5 Å². The van der Waals surface area contributed by atoms with Gasteiger partial charge in [-0.1, -0.05) is 22.0 Å². The molecule has 1 saturated heterocycles. The van der Waals surface area contributed by atoms with Crippen LogP contribution in [0.3, 0.4) is 0 Å². The van der Waals surface area contributed by atoms with Crippen molar-refractivity contribution in [2.24, 2.45) is 0 Å². The van der Waals surface area contributed by atoms with Crippen LogP contribution in [-0.2, 0) is 16.0 Å². The van der Waals surface area contributed by atoms with Gasteiger partial charge in [0.1, 0.15) is 11.4 Å². The number of rotatable bonds is 5. The maximum Gasteiger partial charge on any atom is 0.128 e. The van der Waals surface area contributed by atoms with Crippen molar-refractivity contribution in [3.8, 4) is 0 Å². The lowest BCUT2D eigenvalue weighted by atomic mass is 10.0. The van der Waals surface area contributed by atoms with E-state index in [1.165, 1.54) is 6.07 Å². The summed E-state index contributed by atoms with van der Waals surface area (Å²) in [6.45, 7) is 2.48. The average Bonchev–Trinajstić information content (AvgIpc) is 2.81. The summed E-state index contributed by atoms with van der Waals surface area (Å²) in [7, 11) is 1.69. The highest BCUT2D eigenvalue weighted by atomic mass is 79.9.